The molecule has 2 aromatic rings. The summed E-state index contributed by atoms with van der Waals surface area (Å²) in [5.74, 6) is 0.382. The number of piperazine rings is 1. The molecule has 138 valence electrons. The van der Waals surface area contributed by atoms with Gasteiger partial charge >= 0.3 is 0 Å². The summed E-state index contributed by atoms with van der Waals surface area (Å²) < 4.78 is 18.5. The van der Waals surface area contributed by atoms with Gasteiger partial charge in [-0.15, -0.1) is 0 Å². The van der Waals surface area contributed by atoms with Crippen molar-refractivity contribution in [3.63, 3.8) is 0 Å². The van der Waals surface area contributed by atoms with Crippen LogP contribution in [-0.2, 0) is 4.79 Å². The molecule has 0 spiro atoms. The normalized spacial score (nSPS) is 15.0. The molecule has 1 aliphatic rings. The van der Waals surface area contributed by atoms with Gasteiger partial charge in [-0.25, -0.2) is 4.39 Å². The SMILES string of the molecule is COc1ccc(N2CCN(CC(=O)Nc3cc(F)ccc3C)CC2)cc1. The lowest BCUT2D eigenvalue weighted by atomic mass is 10.2. The van der Waals surface area contributed by atoms with Crippen molar-refractivity contribution in [3.8, 4) is 5.75 Å². The summed E-state index contributed by atoms with van der Waals surface area (Å²) in [5, 5.41) is 2.81. The van der Waals surface area contributed by atoms with E-state index in [0.29, 0.717) is 12.2 Å². The molecule has 0 bridgehead atoms. The summed E-state index contributed by atoms with van der Waals surface area (Å²) in [6, 6.07) is 12.4. The number of hydrogen-bond donors (Lipinski definition) is 1. The van der Waals surface area contributed by atoms with E-state index in [9.17, 15) is 9.18 Å². The van der Waals surface area contributed by atoms with E-state index in [1.165, 1.54) is 12.1 Å². The van der Waals surface area contributed by atoms with Crippen molar-refractivity contribution in [3.05, 3.63) is 53.8 Å². The highest BCUT2D eigenvalue weighted by Gasteiger charge is 2.19. The minimum absolute atomic E-state index is 0.114. The number of halogens is 1. The van der Waals surface area contributed by atoms with Gasteiger partial charge in [0.05, 0.1) is 13.7 Å². The maximum absolute atomic E-state index is 13.3. The Hall–Kier alpha value is -2.60. The van der Waals surface area contributed by atoms with E-state index in [4.69, 9.17) is 4.74 Å². The number of carbonyl (C=O) groups excluding carboxylic acids is 1. The summed E-state index contributed by atoms with van der Waals surface area (Å²) in [7, 11) is 1.66. The van der Waals surface area contributed by atoms with E-state index in [1.54, 1.807) is 13.2 Å². The molecule has 1 N–H and O–H groups in total. The zero-order chi connectivity index (χ0) is 18.5. The molecule has 1 fully saturated rings. The predicted octanol–water partition coefficient (Wildman–Crippen LogP) is 2.90. The molecular weight excluding hydrogens is 333 g/mol. The van der Waals surface area contributed by atoms with Crippen LogP contribution in [0.3, 0.4) is 0 Å². The number of amides is 1. The number of benzene rings is 2. The van der Waals surface area contributed by atoms with E-state index < -0.39 is 0 Å². The molecule has 0 atom stereocenters. The van der Waals surface area contributed by atoms with Gasteiger partial charge < -0.3 is 15.0 Å². The first-order valence-electron chi connectivity index (χ1n) is 8.72. The molecule has 0 unspecified atom stereocenters. The number of nitrogens with zero attached hydrogens (tertiary/aromatic N) is 2. The van der Waals surface area contributed by atoms with Gasteiger partial charge in [-0.3, -0.25) is 9.69 Å². The number of anilines is 2. The number of nitrogens with one attached hydrogen (secondary N) is 1. The van der Waals surface area contributed by atoms with Crippen LogP contribution in [0, 0.1) is 12.7 Å². The first-order chi connectivity index (χ1) is 12.5. The van der Waals surface area contributed by atoms with E-state index in [2.05, 4.69) is 15.1 Å². The number of ether oxygens (including phenoxy) is 1. The van der Waals surface area contributed by atoms with Gasteiger partial charge in [0.15, 0.2) is 0 Å². The van der Waals surface area contributed by atoms with Crippen molar-refractivity contribution >= 4 is 17.3 Å². The van der Waals surface area contributed by atoms with Crippen molar-refractivity contribution in [1.82, 2.24) is 4.90 Å². The number of methoxy groups -OCH3 is 1. The predicted molar refractivity (Wildman–Crippen MR) is 101 cm³/mol. The molecule has 0 aliphatic carbocycles. The number of rotatable bonds is 5. The van der Waals surface area contributed by atoms with Crippen molar-refractivity contribution in [1.29, 1.82) is 0 Å². The summed E-state index contributed by atoms with van der Waals surface area (Å²) in [6.07, 6.45) is 0. The molecule has 26 heavy (non-hydrogen) atoms. The van der Waals surface area contributed by atoms with Gasteiger partial charge in [-0.2, -0.15) is 0 Å². The second-order valence-corrected chi connectivity index (χ2v) is 6.47. The first-order valence-corrected chi connectivity index (χ1v) is 8.72. The smallest absolute Gasteiger partial charge is 0.238 e. The number of aryl methyl sites for hydroxylation is 1. The number of hydrogen-bond acceptors (Lipinski definition) is 4. The molecule has 1 amide bonds. The van der Waals surface area contributed by atoms with E-state index in [0.717, 1.165) is 43.2 Å². The summed E-state index contributed by atoms with van der Waals surface area (Å²) in [4.78, 5) is 16.7. The largest absolute Gasteiger partial charge is 0.497 e. The van der Waals surface area contributed by atoms with E-state index in [-0.39, 0.29) is 11.7 Å². The highest BCUT2D eigenvalue weighted by Crippen LogP contribution is 2.20. The highest BCUT2D eigenvalue weighted by atomic mass is 19.1. The molecule has 6 heteroatoms. The van der Waals surface area contributed by atoms with Crippen LogP contribution in [0.1, 0.15) is 5.56 Å². The van der Waals surface area contributed by atoms with Gasteiger partial charge in [0.1, 0.15) is 11.6 Å². The Morgan fingerprint density at radius 3 is 2.46 bits per heavy atom. The second kappa shape index (κ2) is 8.19. The lowest BCUT2D eigenvalue weighted by Crippen LogP contribution is -2.48. The lowest BCUT2D eigenvalue weighted by Gasteiger charge is -2.35. The monoisotopic (exact) mass is 357 g/mol. The fourth-order valence-electron chi connectivity index (χ4n) is 3.08. The molecule has 1 saturated heterocycles. The average molecular weight is 357 g/mol. The first kappa shape index (κ1) is 18.2. The molecule has 2 aromatic carbocycles. The summed E-state index contributed by atoms with van der Waals surface area (Å²) in [5.41, 5.74) is 2.54. The molecular formula is C20H24FN3O2. The van der Waals surface area contributed by atoms with E-state index >= 15 is 0 Å². The minimum Gasteiger partial charge on any atom is -0.497 e. The molecule has 3 rings (SSSR count). The fraction of sp³-hybridized carbons (Fsp3) is 0.350. The van der Waals surface area contributed by atoms with Crippen molar-refractivity contribution in [2.24, 2.45) is 0 Å². The molecule has 0 radical (unpaired) electrons. The van der Waals surface area contributed by atoms with Crippen LogP contribution in [0.4, 0.5) is 15.8 Å². The highest BCUT2D eigenvalue weighted by molar-refractivity contribution is 5.93. The lowest BCUT2D eigenvalue weighted by molar-refractivity contribution is -0.117. The van der Waals surface area contributed by atoms with Crippen LogP contribution >= 0.6 is 0 Å². The Labute approximate surface area is 153 Å². The van der Waals surface area contributed by atoms with Crippen LogP contribution in [0.2, 0.25) is 0 Å². The van der Waals surface area contributed by atoms with Crippen LogP contribution in [0.15, 0.2) is 42.5 Å². The quantitative estimate of drug-likeness (QED) is 0.894. The Bertz CT molecular complexity index is 756. The maximum atomic E-state index is 13.3. The zero-order valence-electron chi connectivity index (χ0n) is 15.2. The van der Waals surface area contributed by atoms with Gasteiger partial charge in [-0.1, -0.05) is 6.07 Å². The van der Waals surface area contributed by atoms with Crippen LogP contribution in [0.25, 0.3) is 0 Å². The van der Waals surface area contributed by atoms with Gasteiger partial charge in [0.25, 0.3) is 0 Å². The third kappa shape index (κ3) is 4.52. The van der Waals surface area contributed by atoms with Crippen molar-refractivity contribution < 1.29 is 13.9 Å². The van der Waals surface area contributed by atoms with E-state index in [1.807, 2.05) is 31.2 Å². The Morgan fingerprint density at radius 2 is 1.81 bits per heavy atom. The number of carbonyl (C=O) groups is 1. The van der Waals surface area contributed by atoms with Gasteiger partial charge in [0, 0.05) is 37.6 Å². The fourth-order valence-corrected chi connectivity index (χ4v) is 3.08. The second-order valence-electron chi connectivity index (χ2n) is 6.47. The zero-order valence-corrected chi connectivity index (χ0v) is 15.2. The molecule has 0 aromatic heterocycles. The third-order valence-electron chi connectivity index (χ3n) is 4.65. The topological polar surface area (TPSA) is 44.8 Å². The maximum Gasteiger partial charge on any atom is 0.238 e. The van der Waals surface area contributed by atoms with Crippen molar-refractivity contribution in [2.75, 3.05) is 50.1 Å². The van der Waals surface area contributed by atoms with Crippen LogP contribution < -0.4 is 15.0 Å². The van der Waals surface area contributed by atoms with Crippen molar-refractivity contribution in [2.45, 2.75) is 6.92 Å². The third-order valence-corrected chi connectivity index (χ3v) is 4.65. The average Bonchev–Trinajstić information content (AvgIpc) is 2.65. The Balaban J connectivity index is 1.50. The van der Waals surface area contributed by atoms with Crippen LogP contribution in [-0.4, -0.2) is 50.6 Å². The standard InChI is InChI=1S/C20H24FN3O2/c1-15-3-4-16(21)13-19(15)22-20(25)14-23-9-11-24(12-10-23)17-5-7-18(26-2)8-6-17/h3-8,13H,9-12,14H2,1-2H3,(H,22,25). The molecule has 1 heterocycles. The Kier molecular flexibility index (Phi) is 5.73. The van der Waals surface area contributed by atoms with Gasteiger partial charge in [-0.05, 0) is 48.9 Å². The molecule has 5 nitrogen and oxygen atoms in total. The minimum atomic E-state index is -0.348. The van der Waals surface area contributed by atoms with Gasteiger partial charge in [0.2, 0.25) is 5.91 Å². The molecule has 0 saturated carbocycles. The summed E-state index contributed by atoms with van der Waals surface area (Å²) in [6.45, 7) is 5.50. The summed E-state index contributed by atoms with van der Waals surface area (Å²) >= 11 is 0. The molecule has 1 aliphatic heterocycles. The Morgan fingerprint density at radius 1 is 1.12 bits per heavy atom. The van der Waals surface area contributed by atoms with Crippen LogP contribution in [0.5, 0.6) is 5.75 Å².